The lowest BCUT2D eigenvalue weighted by molar-refractivity contribution is -0.138. The number of nitrogens with zero attached hydrogens (tertiary/aromatic N) is 1. The molecule has 4 nitrogen and oxygen atoms in total. The lowest BCUT2D eigenvalue weighted by Crippen LogP contribution is -2.41. The Morgan fingerprint density at radius 2 is 1.92 bits per heavy atom. The molecule has 1 unspecified atom stereocenters. The molecule has 0 bridgehead atoms. The fraction of sp³-hybridized carbons (Fsp3) is 0.316. The van der Waals surface area contributed by atoms with Crippen molar-refractivity contribution in [3.8, 4) is 5.75 Å². The van der Waals surface area contributed by atoms with E-state index in [1.54, 1.807) is 24.0 Å². The van der Waals surface area contributed by atoms with Crippen LogP contribution in [0.5, 0.6) is 5.75 Å². The second kappa shape index (κ2) is 10.7. The van der Waals surface area contributed by atoms with E-state index in [4.69, 9.17) is 10.5 Å². The van der Waals surface area contributed by atoms with E-state index in [0.29, 0.717) is 31.8 Å². The molecule has 0 aliphatic rings. The maximum atomic E-state index is 13.2. The van der Waals surface area contributed by atoms with E-state index in [0.717, 1.165) is 5.56 Å². The highest BCUT2D eigenvalue weighted by Gasteiger charge is 2.22. The fourth-order valence-corrected chi connectivity index (χ4v) is 2.41. The van der Waals surface area contributed by atoms with Gasteiger partial charge in [-0.3, -0.25) is 4.79 Å². The molecule has 25 heavy (non-hydrogen) atoms. The lowest BCUT2D eigenvalue weighted by Gasteiger charge is -2.26. The topological polar surface area (TPSA) is 55.6 Å². The van der Waals surface area contributed by atoms with Gasteiger partial charge in [0, 0.05) is 19.2 Å². The van der Waals surface area contributed by atoms with Crippen LogP contribution in [0.4, 0.5) is 4.39 Å². The van der Waals surface area contributed by atoms with Gasteiger partial charge in [0.25, 0.3) is 5.91 Å². The SMILES string of the molecule is CC(Oc1cccc(F)c1)C(=O)N(CCCN)Cc1ccccc1.Cl. The number of ether oxygens (including phenoxy) is 1. The van der Waals surface area contributed by atoms with Crippen LogP contribution in [0.25, 0.3) is 0 Å². The van der Waals surface area contributed by atoms with Gasteiger partial charge in [0.2, 0.25) is 0 Å². The molecule has 2 N–H and O–H groups in total. The standard InChI is InChI=1S/C19H23FN2O2.ClH/c1-15(24-18-10-5-9-17(20)13-18)19(23)22(12-6-11-21)14-16-7-3-2-4-8-16;/h2-5,7-10,13,15H,6,11-12,14,21H2,1H3;1H. The fourth-order valence-electron chi connectivity index (χ4n) is 2.41. The Kier molecular flexibility index (Phi) is 8.95. The molecule has 0 heterocycles. The van der Waals surface area contributed by atoms with Crippen molar-refractivity contribution in [1.82, 2.24) is 4.90 Å². The largest absolute Gasteiger partial charge is 0.481 e. The third kappa shape index (κ3) is 6.72. The average Bonchev–Trinajstić information content (AvgIpc) is 2.59. The molecule has 0 aliphatic carbocycles. The van der Waals surface area contributed by atoms with Crippen LogP contribution in [0, 0.1) is 5.82 Å². The number of carbonyl (C=O) groups excluding carboxylic acids is 1. The number of carbonyl (C=O) groups is 1. The average molecular weight is 367 g/mol. The van der Waals surface area contributed by atoms with Gasteiger partial charge in [0.05, 0.1) is 0 Å². The Morgan fingerprint density at radius 1 is 1.20 bits per heavy atom. The first-order valence-electron chi connectivity index (χ1n) is 8.05. The molecule has 2 aromatic carbocycles. The van der Waals surface area contributed by atoms with Crippen molar-refractivity contribution in [2.45, 2.75) is 26.0 Å². The number of rotatable bonds is 8. The van der Waals surface area contributed by atoms with Crippen molar-refractivity contribution in [3.05, 3.63) is 66.0 Å². The molecular formula is C19H24ClFN2O2. The first kappa shape index (κ1) is 20.9. The lowest BCUT2D eigenvalue weighted by atomic mass is 10.2. The Hall–Kier alpha value is -2.11. The monoisotopic (exact) mass is 366 g/mol. The highest BCUT2D eigenvalue weighted by atomic mass is 35.5. The van der Waals surface area contributed by atoms with Crippen LogP contribution in [0.1, 0.15) is 18.9 Å². The summed E-state index contributed by atoms with van der Waals surface area (Å²) in [6, 6.07) is 15.5. The van der Waals surface area contributed by atoms with Crippen LogP contribution in [-0.4, -0.2) is 30.0 Å². The van der Waals surface area contributed by atoms with Crippen LogP contribution in [0.2, 0.25) is 0 Å². The van der Waals surface area contributed by atoms with Gasteiger partial charge in [-0.2, -0.15) is 0 Å². The van der Waals surface area contributed by atoms with Crippen LogP contribution in [-0.2, 0) is 11.3 Å². The summed E-state index contributed by atoms with van der Waals surface area (Å²) in [5.41, 5.74) is 6.62. The molecule has 0 radical (unpaired) electrons. The first-order chi connectivity index (χ1) is 11.6. The van der Waals surface area contributed by atoms with Gasteiger partial charge in [-0.25, -0.2) is 4.39 Å². The Morgan fingerprint density at radius 3 is 2.56 bits per heavy atom. The van der Waals surface area contributed by atoms with Crippen molar-refractivity contribution in [2.75, 3.05) is 13.1 Å². The summed E-state index contributed by atoms with van der Waals surface area (Å²) in [5.74, 6) is -0.192. The maximum Gasteiger partial charge on any atom is 0.263 e. The summed E-state index contributed by atoms with van der Waals surface area (Å²) in [5, 5.41) is 0. The predicted octanol–water partition coefficient (Wildman–Crippen LogP) is 3.39. The molecule has 0 fully saturated rings. The molecular weight excluding hydrogens is 343 g/mol. The first-order valence-corrected chi connectivity index (χ1v) is 8.05. The quantitative estimate of drug-likeness (QED) is 0.779. The van der Waals surface area contributed by atoms with Gasteiger partial charge >= 0.3 is 0 Å². The van der Waals surface area contributed by atoms with Crippen molar-refractivity contribution < 1.29 is 13.9 Å². The van der Waals surface area contributed by atoms with Crippen LogP contribution in [0.15, 0.2) is 54.6 Å². The van der Waals surface area contributed by atoms with Crippen molar-refractivity contribution in [1.29, 1.82) is 0 Å². The van der Waals surface area contributed by atoms with E-state index in [1.165, 1.54) is 12.1 Å². The van der Waals surface area contributed by atoms with Gasteiger partial charge in [-0.05, 0) is 37.6 Å². The third-order valence-corrected chi connectivity index (χ3v) is 3.62. The van der Waals surface area contributed by atoms with Gasteiger partial charge in [0.15, 0.2) is 6.10 Å². The van der Waals surface area contributed by atoms with E-state index in [1.807, 2.05) is 30.3 Å². The minimum absolute atomic E-state index is 0. The van der Waals surface area contributed by atoms with E-state index >= 15 is 0 Å². The normalized spacial score (nSPS) is 11.3. The van der Waals surface area contributed by atoms with Crippen molar-refractivity contribution in [3.63, 3.8) is 0 Å². The third-order valence-electron chi connectivity index (χ3n) is 3.62. The number of amides is 1. The molecule has 2 aromatic rings. The van der Waals surface area contributed by atoms with Crippen LogP contribution in [0.3, 0.4) is 0 Å². The number of benzene rings is 2. The Bertz CT molecular complexity index is 655. The number of nitrogens with two attached hydrogens (primary N) is 1. The van der Waals surface area contributed by atoms with Crippen molar-refractivity contribution >= 4 is 18.3 Å². The summed E-state index contributed by atoms with van der Waals surface area (Å²) in [6.07, 6.45) is 0.0129. The highest BCUT2D eigenvalue weighted by Crippen LogP contribution is 2.15. The molecule has 0 spiro atoms. The summed E-state index contributed by atoms with van der Waals surface area (Å²) in [4.78, 5) is 14.4. The molecule has 1 atom stereocenters. The number of halogens is 2. The number of hydrogen-bond acceptors (Lipinski definition) is 3. The molecule has 6 heteroatoms. The molecule has 0 saturated carbocycles. The summed E-state index contributed by atoms with van der Waals surface area (Å²) in [6.45, 7) is 3.24. The van der Waals surface area contributed by atoms with Crippen LogP contribution < -0.4 is 10.5 Å². The van der Waals surface area contributed by atoms with Gasteiger partial charge in [-0.1, -0.05) is 36.4 Å². The molecule has 1 amide bonds. The second-order valence-corrected chi connectivity index (χ2v) is 5.61. The minimum atomic E-state index is -0.701. The zero-order valence-electron chi connectivity index (χ0n) is 14.2. The highest BCUT2D eigenvalue weighted by molar-refractivity contribution is 5.85. The smallest absolute Gasteiger partial charge is 0.263 e. The summed E-state index contributed by atoms with van der Waals surface area (Å²) < 4.78 is 18.8. The van der Waals surface area contributed by atoms with Crippen molar-refractivity contribution in [2.24, 2.45) is 5.73 Å². The van der Waals surface area contributed by atoms with E-state index in [9.17, 15) is 9.18 Å². The van der Waals surface area contributed by atoms with E-state index in [2.05, 4.69) is 0 Å². The zero-order valence-corrected chi connectivity index (χ0v) is 15.0. The second-order valence-electron chi connectivity index (χ2n) is 5.61. The zero-order chi connectivity index (χ0) is 17.4. The number of hydrogen-bond donors (Lipinski definition) is 1. The molecule has 136 valence electrons. The van der Waals surface area contributed by atoms with Gasteiger partial charge in [0.1, 0.15) is 11.6 Å². The Labute approximate surface area is 154 Å². The van der Waals surface area contributed by atoms with Crippen LogP contribution >= 0.6 is 12.4 Å². The minimum Gasteiger partial charge on any atom is -0.481 e. The molecule has 0 saturated heterocycles. The molecule has 0 aliphatic heterocycles. The maximum absolute atomic E-state index is 13.2. The van der Waals surface area contributed by atoms with E-state index < -0.39 is 11.9 Å². The van der Waals surface area contributed by atoms with Gasteiger partial charge in [-0.15, -0.1) is 12.4 Å². The van der Waals surface area contributed by atoms with E-state index in [-0.39, 0.29) is 18.3 Å². The Balaban J connectivity index is 0.00000312. The molecule has 0 aromatic heterocycles. The summed E-state index contributed by atoms with van der Waals surface area (Å²) >= 11 is 0. The predicted molar refractivity (Wildman–Crippen MR) is 99.3 cm³/mol. The van der Waals surface area contributed by atoms with Gasteiger partial charge < -0.3 is 15.4 Å². The molecule has 2 rings (SSSR count). The summed E-state index contributed by atoms with van der Waals surface area (Å²) in [7, 11) is 0.